The van der Waals surface area contributed by atoms with E-state index < -0.39 is 0 Å². The molecular formula is C13H20BrNO. The van der Waals surface area contributed by atoms with Gasteiger partial charge in [0.2, 0.25) is 0 Å². The van der Waals surface area contributed by atoms with Gasteiger partial charge in [-0.05, 0) is 30.0 Å². The lowest BCUT2D eigenvalue weighted by Crippen LogP contribution is -2.24. The molecule has 0 aliphatic heterocycles. The number of halogens is 1. The first-order chi connectivity index (χ1) is 7.77. The number of nitrogens with one attached hydrogen (secondary N) is 1. The highest BCUT2D eigenvalue weighted by atomic mass is 79.9. The number of hydrogen-bond donors (Lipinski definition) is 1. The van der Waals surface area contributed by atoms with E-state index in [4.69, 9.17) is 4.74 Å². The van der Waals surface area contributed by atoms with Crippen molar-refractivity contribution in [3.8, 4) is 0 Å². The lowest BCUT2D eigenvalue weighted by atomic mass is 9.96. The zero-order valence-corrected chi connectivity index (χ0v) is 11.6. The number of ether oxygens (including phenoxy) is 1. The van der Waals surface area contributed by atoms with E-state index in [1.54, 1.807) is 7.11 Å². The van der Waals surface area contributed by atoms with E-state index in [0.29, 0.717) is 5.92 Å². The molecule has 1 aromatic rings. The molecule has 0 aliphatic carbocycles. The smallest absolute Gasteiger partial charge is 0.0587 e. The van der Waals surface area contributed by atoms with Crippen molar-refractivity contribution < 1.29 is 4.74 Å². The van der Waals surface area contributed by atoms with Crippen molar-refractivity contribution in [3.05, 3.63) is 34.3 Å². The Hall–Kier alpha value is -0.380. The van der Waals surface area contributed by atoms with E-state index in [0.717, 1.165) is 30.6 Å². The van der Waals surface area contributed by atoms with Gasteiger partial charge in [0.05, 0.1) is 6.61 Å². The molecule has 0 saturated heterocycles. The van der Waals surface area contributed by atoms with Gasteiger partial charge in [-0.1, -0.05) is 35.0 Å². The number of methoxy groups -OCH3 is 1. The molecule has 2 nitrogen and oxygen atoms in total. The first-order valence-corrected chi connectivity index (χ1v) is 6.52. The lowest BCUT2D eigenvalue weighted by Gasteiger charge is -2.16. The van der Waals surface area contributed by atoms with Crippen molar-refractivity contribution >= 4 is 15.9 Å². The minimum Gasteiger partial charge on any atom is -0.383 e. The summed E-state index contributed by atoms with van der Waals surface area (Å²) in [6.07, 6.45) is 1.15. The SMILES string of the molecule is CCC(CNCCOC)c1cccc(Br)c1. The fourth-order valence-electron chi connectivity index (χ4n) is 1.71. The van der Waals surface area contributed by atoms with Gasteiger partial charge < -0.3 is 10.1 Å². The first kappa shape index (κ1) is 13.7. The fraction of sp³-hybridized carbons (Fsp3) is 0.538. The average molecular weight is 286 g/mol. The van der Waals surface area contributed by atoms with Gasteiger partial charge in [-0.25, -0.2) is 0 Å². The highest BCUT2D eigenvalue weighted by Crippen LogP contribution is 2.21. The molecule has 0 spiro atoms. The van der Waals surface area contributed by atoms with E-state index in [1.807, 2.05) is 0 Å². The van der Waals surface area contributed by atoms with Crippen LogP contribution in [0, 0.1) is 0 Å². The summed E-state index contributed by atoms with van der Waals surface area (Å²) in [6.45, 7) is 4.93. The van der Waals surface area contributed by atoms with Crippen LogP contribution >= 0.6 is 15.9 Å². The molecule has 0 aliphatic rings. The third-order valence-corrected chi connectivity index (χ3v) is 3.18. The molecule has 1 unspecified atom stereocenters. The van der Waals surface area contributed by atoms with E-state index >= 15 is 0 Å². The molecule has 3 heteroatoms. The number of rotatable bonds is 7. The molecule has 0 bridgehead atoms. The Kier molecular flexibility index (Phi) is 6.69. The van der Waals surface area contributed by atoms with E-state index in [1.165, 1.54) is 5.56 Å². The molecule has 0 radical (unpaired) electrons. The van der Waals surface area contributed by atoms with Crippen LogP contribution in [0.2, 0.25) is 0 Å². The molecule has 90 valence electrons. The van der Waals surface area contributed by atoms with Crippen molar-refractivity contribution in [2.45, 2.75) is 19.3 Å². The number of benzene rings is 1. The van der Waals surface area contributed by atoms with Crippen molar-refractivity contribution in [2.24, 2.45) is 0 Å². The quantitative estimate of drug-likeness (QED) is 0.777. The minimum absolute atomic E-state index is 0.578. The summed E-state index contributed by atoms with van der Waals surface area (Å²) in [5.74, 6) is 0.578. The molecule has 1 aromatic carbocycles. The highest BCUT2D eigenvalue weighted by Gasteiger charge is 2.08. The van der Waals surface area contributed by atoms with Crippen molar-refractivity contribution in [1.29, 1.82) is 0 Å². The third-order valence-electron chi connectivity index (χ3n) is 2.69. The molecular weight excluding hydrogens is 266 g/mol. The van der Waals surface area contributed by atoms with Crippen LogP contribution in [0.15, 0.2) is 28.7 Å². The van der Waals surface area contributed by atoms with Crippen LogP contribution in [0.1, 0.15) is 24.8 Å². The Morgan fingerprint density at radius 2 is 2.25 bits per heavy atom. The molecule has 0 amide bonds. The van der Waals surface area contributed by atoms with Gasteiger partial charge in [-0.3, -0.25) is 0 Å². The van der Waals surface area contributed by atoms with Crippen molar-refractivity contribution in [2.75, 3.05) is 26.8 Å². The van der Waals surface area contributed by atoms with Gasteiger partial charge >= 0.3 is 0 Å². The summed E-state index contributed by atoms with van der Waals surface area (Å²) >= 11 is 3.51. The molecule has 1 atom stereocenters. The molecule has 1 rings (SSSR count). The van der Waals surface area contributed by atoms with E-state index in [-0.39, 0.29) is 0 Å². The summed E-state index contributed by atoms with van der Waals surface area (Å²) in [7, 11) is 1.73. The van der Waals surface area contributed by atoms with Crippen LogP contribution in [-0.2, 0) is 4.74 Å². The fourth-order valence-corrected chi connectivity index (χ4v) is 2.13. The summed E-state index contributed by atoms with van der Waals surface area (Å²) in [5, 5.41) is 3.41. The van der Waals surface area contributed by atoms with Crippen LogP contribution in [0.4, 0.5) is 0 Å². The highest BCUT2D eigenvalue weighted by molar-refractivity contribution is 9.10. The Balaban J connectivity index is 2.47. The summed E-state index contributed by atoms with van der Waals surface area (Å²) < 4.78 is 6.17. The summed E-state index contributed by atoms with van der Waals surface area (Å²) in [6, 6.07) is 8.55. The van der Waals surface area contributed by atoms with Crippen LogP contribution in [0.3, 0.4) is 0 Å². The maximum atomic E-state index is 5.01. The topological polar surface area (TPSA) is 21.3 Å². The molecule has 1 N–H and O–H groups in total. The maximum Gasteiger partial charge on any atom is 0.0587 e. The summed E-state index contributed by atoms with van der Waals surface area (Å²) in [4.78, 5) is 0. The van der Waals surface area contributed by atoms with Gasteiger partial charge in [-0.15, -0.1) is 0 Å². The molecule has 16 heavy (non-hydrogen) atoms. The zero-order chi connectivity index (χ0) is 11.8. The van der Waals surface area contributed by atoms with Gasteiger partial charge in [0.25, 0.3) is 0 Å². The second-order valence-electron chi connectivity index (χ2n) is 3.86. The van der Waals surface area contributed by atoms with E-state index in [2.05, 4.69) is 52.4 Å². The van der Waals surface area contributed by atoms with Gasteiger partial charge in [0, 0.05) is 24.7 Å². The van der Waals surface area contributed by atoms with Crippen LogP contribution in [-0.4, -0.2) is 26.8 Å². The van der Waals surface area contributed by atoms with Gasteiger partial charge in [0.15, 0.2) is 0 Å². The zero-order valence-electron chi connectivity index (χ0n) is 10.0. The molecule has 0 saturated carbocycles. The summed E-state index contributed by atoms with van der Waals surface area (Å²) in [5.41, 5.74) is 1.39. The van der Waals surface area contributed by atoms with Gasteiger partial charge in [0.1, 0.15) is 0 Å². The molecule has 0 aromatic heterocycles. The standard InChI is InChI=1S/C13H20BrNO/c1-3-11(10-15-7-8-16-2)12-5-4-6-13(14)9-12/h4-6,9,11,15H,3,7-8,10H2,1-2H3. The van der Waals surface area contributed by atoms with Crippen LogP contribution in [0.5, 0.6) is 0 Å². The van der Waals surface area contributed by atoms with Crippen molar-refractivity contribution in [1.82, 2.24) is 5.32 Å². The third kappa shape index (κ3) is 4.64. The largest absolute Gasteiger partial charge is 0.383 e. The predicted octanol–water partition coefficient (Wildman–Crippen LogP) is 3.18. The normalized spacial score (nSPS) is 12.7. The second kappa shape index (κ2) is 7.82. The van der Waals surface area contributed by atoms with Crippen molar-refractivity contribution in [3.63, 3.8) is 0 Å². The maximum absolute atomic E-state index is 5.01. The van der Waals surface area contributed by atoms with Crippen LogP contribution in [0.25, 0.3) is 0 Å². The van der Waals surface area contributed by atoms with Crippen LogP contribution < -0.4 is 5.32 Å². The minimum atomic E-state index is 0.578. The Labute approximate surface area is 107 Å². The molecule has 0 heterocycles. The average Bonchev–Trinajstić information content (AvgIpc) is 2.29. The first-order valence-electron chi connectivity index (χ1n) is 5.73. The second-order valence-corrected chi connectivity index (χ2v) is 4.77. The predicted molar refractivity (Wildman–Crippen MR) is 71.9 cm³/mol. The Morgan fingerprint density at radius 3 is 2.88 bits per heavy atom. The Bertz CT molecular complexity index is 304. The van der Waals surface area contributed by atoms with E-state index in [9.17, 15) is 0 Å². The van der Waals surface area contributed by atoms with Gasteiger partial charge in [-0.2, -0.15) is 0 Å². The number of hydrogen-bond acceptors (Lipinski definition) is 2. The molecule has 0 fully saturated rings. The monoisotopic (exact) mass is 285 g/mol. The Morgan fingerprint density at radius 1 is 1.44 bits per heavy atom. The lowest BCUT2D eigenvalue weighted by molar-refractivity contribution is 0.199.